The van der Waals surface area contributed by atoms with E-state index in [1.165, 1.54) is 5.01 Å². The summed E-state index contributed by atoms with van der Waals surface area (Å²) in [6.07, 6.45) is 0. The number of ether oxygens (including phenoxy) is 1. The maximum atomic E-state index is 12.4. The summed E-state index contributed by atoms with van der Waals surface area (Å²) in [4.78, 5) is 18.0. The van der Waals surface area contributed by atoms with Gasteiger partial charge < -0.3 is 14.9 Å². The molecule has 0 bridgehead atoms. The number of halogens is 1. The van der Waals surface area contributed by atoms with E-state index < -0.39 is 0 Å². The van der Waals surface area contributed by atoms with Crippen molar-refractivity contribution in [1.82, 2.24) is 5.01 Å². The third-order valence-electron chi connectivity index (χ3n) is 5.64. The number of nitrogens with one attached hydrogen (secondary N) is 1. The maximum absolute atomic E-state index is 12.4. The van der Waals surface area contributed by atoms with Gasteiger partial charge in [0.15, 0.2) is 0 Å². The van der Waals surface area contributed by atoms with Gasteiger partial charge in [0.25, 0.3) is 0 Å². The van der Waals surface area contributed by atoms with Crippen molar-refractivity contribution in [3.8, 4) is 5.75 Å². The number of oxime groups is 1. The van der Waals surface area contributed by atoms with Crippen molar-refractivity contribution in [2.45, 2.75) is 34.0 Å². The van der Waals surface area contributed by atoms with Crippen molar-refractivity contribution in [2.24, 2.45) is 15.5 Å². The number of aryl methyl sites for hydroxylation is 2. The Bertz CT molecular complexity index is 1290. The monoisotopic (exact) mass is 521 g/mol. The molecule has 194 valence electrons. The lowest BCUT2D eigenvalue weighted by Crippen LogP contribution is -2.27. The number of hydrogen-bond acceptors (Lipinski definition) is 6. The summed E-state index contributed by atoms with van der Waals surface area (Å²) in [5.74, 6) is 0.561. The number of anilines is 1. The van der Waals surface area contributed by atoms with Gasteiger partial charge in [-0.1, -0.05) is 52.3 Å². The van der Waals surface area contributed by atoms with Crippen LogP contribution in [0.4, 0.5) is 5.69 Å². The molecule has 8 nitrogen and oxygen atoms in total. The molecule has 3 rings (SSSR count). The first-order valence-corrected chi connectivity index (χ1v) is 12.2. The Labute approximate surface area is 222 Å². The predicted molar refractivity (Wildman–Crippen MR) is 147 cm³/mol. The topological polar surface area (TPSA) is 87.9 Å². The molecule has 0 atom stereocenters. The lowest BCUT2D eigenvalue weighted by molar-refractivity contribution is -0.117. The molecule has 0 spiro atoms. The standard InChI is InChI=1S/C28H32ClN5O3/c1-19-9-8-12-26(31-28(35)16-34(5)33-30-4)24(19)18-36-27-14-13-22(15-20(27)2)21(3)32-37-17-23-10-6-7-11-25(23)29/h6-15H,16-18H2,1-5H3,(H,31,35)/b32-21+,33-30?. The first-order chi connectivity index (χ1) is 17.8. The summed E-state index contributed by atoms with van der Waals surface area (Å²) < 4.78 is 6.15. The molecule has 0 unspecified atom stereocenters. The SMILES string of the molecule is CN=NN(C)CC(=O)Nc1cccc(C)c1COc1ccc(/C(C)=N/OCc2ccccc2Cl)cc1C. The predicted octanol–water partition coefficient (Wildman–Crippen LogP) is 6.34. The summed E-state index contributed by atoms with van der Waals surface area (Å²) in [6, 6.07) is 19.1. The van der Waals surface area contributed by atoms with Crippen LogP contribution < -0.4 is 10.1 Å². The highest BCUT2D eigenvalue weighted by Crippen LogP contribution is 2.25. The molecular weight excluding hydrogens is 490 g/mol. The lowest BCUT2D eigenvalue weighted by Gasteiger charge is -2.17. The van der Waals surface area contributed by atoms with Crippen LogP contribution in [0.5, 0.6) is 5.75 Å². The fourth-order valence-corrected chi connectivity index (χ4v) is 3.84. The molecular formula is C28H32ClN5O3. The smallest absolute Gasteiger partial charge is 0.245 e. The number of rotatable bonds is 11. The van der Waals surface area contributed by atoms with Crippen molar-refractivity contribution in [2.75, 3.05) is 26.0 Å². The van der Waals surface area contributed by atoms with Gasteiger partial charge in [-0.15, -0.1) is 0 Å². The summed E-state index contributed by atoms with van der Waals surface area (Å²) in [5, 5.41) is 16.8. The van der Waals surface area contributed by atoms with E-state index >= 15 is 0 Å². The van der Waals surface area contributed by atoms with Crippen LogP contribution >= 0.6 is 11.6 Å². The third kappa shape index (κ3) is 8.05. The van der Waals surface area contributed by atoms with Gasteiger partial charge in [0.2, 0.25) is 5.91 Å². The average Bonchev–Trinajstić information content (AvgIpc) is 2.85. The second-order valence-electron chi connectivity index (χ2n) is 8.56. The zero-order chi connectivity index (χ0) is 26.8. The molecule has 1 N–H and O–H groups in total. The van der Waals surface area contributed by atoms with Crippen LogP contribution in [0.1, 0.15) is 34.7 Å². The molecule has 0 fully saturated rings. The Balaban J connectivity index is 1.64. The van der Waals surface area contributed by atoms with E-state index in [1.54, 1.807) is 14.1 Å². The molecule has 37 heavy (non-hydrogen) atoms. The average molecular weight is 522 g/mol. The van der Waals surface area contributed by atoms with E-state index in [2.05, 4.69) is 20.8 Å². The number of benzene rings is 3. The molecule has 0 saturated heterocycles. The molecule has 0 radical (unpaired) electrons. The Morgan fingerprint density at radius 2 is 1.81 bits per heavy atom. The Morgan fingerprint density at radius 3 is 2.54 bits per heavy atom. The highest BCUT2D eigenvalue weighted by molar-refractivity contribution is 6.31. The zero-order valence-electron chi connectivity index (χ0n) is 21.8. The minimum Gasteiger partial charge on any atom is -0.489 e. The first kappa shape index (κ1) is 27.7. The molecule has 0 saturated carbocycles. The van der Waals surface area contributed by atoms with E-state index in [0.29, 0.717) is 23.9 Å². The number of likely N-dealkylation sites (N-methyl/N-ethyl adjacent to an activating group) is 1. The molecule has 1 amide bonds. The Kier molecular flexibility index (Phi) is 10.0. The highest BCUT2D eigenvalue weighted by Gasteiger charge is 2.12. The van der Waals surface area contributed by atoms with Gasteiger partial charge in [-0.2, -0.15) is 5.11 Å². The van der Waals surface area contributed by atoms with Gasteiger partial charge in [-0.3, -0.25) is 9.80 Å². The van der Waals surface area contributed by atoms with E-state index in [0.717, 1.165) is 39.3 Å². The molecule has 3 aromatic rings. The van der Waals surface area contributed by atoms with Crippen molar-refractivity contribution in [3.05, 3.63) is 93.5 Å². The van der Waals surface area contributed by atoms with Gasteiger partial charge >= 0.3 is 0 Å². The number of amides is 1. The fraction of sp³-hybridized carbons (Fsp3) is 0.286. The summed E-state index contributed by atoms with van der Waals surface area (Å²) in [6.45, 7) is 6.56. The van der Waals surface area contributed by atoms with Crippen LogP contribution in [0.25, 0.3) is 0 Å². The van der Waals surface area contributed by atoms with E-state index in [4.69, 9.17) is 21.2 Å². The molecule has 0 aliphatic rings. The normalized spacial score (nSPS) is 11.5. The second kappa shape index (κ2) is 13.4. The minimum absolute atomic E-state index is 0.0924. The number of carbonyl (C=O) groups is 1. The zero-order valence-corrected chi connectivity index (χ0v) is 22.5. The number of carbonyl (C=O) groups excluding carboxylic acids is 1. The van der Waals surface area contributed by atoms with Gasteiger partial charge in [-0.25, -0.2) is 0 Å². The molecule has 0 heterocycles. The van der Waals surface area contributed by atoms with Crippen molar-refractivity contribution in [3.63, 3.8) is 0 Å². The highest BCUT2D eigenvalue weighted by atomic mass is 35.5. The van der Waals surface area contributed by atoms with E-state index in [-0.39, 0.29) is 12.5 Å². The summed E-state index contributed by atoms with van der Waals surface area (Å²) in [7, 11) is 3.25. The molecule has 0 aromatic heterocycles. The van der Waals surface area contributed by atoms with Crippen molar-refractivity contribution < 1.29 is 14.4 Å². The van der Waals surface area contributed by atoms with Gasteiger partial charge in [0.1, 0.15) is 25.5 Å². The molecule has 9 heteroatoms. The van der Waals surface area contributed by atoms with E-state index in [1.807, 2.05) is 81.4 Å². The van der Waals surface area contributed by atoms with Crippen LogP contribution in [-0.2, 0) is 22.8 Å². The van der Waals surface area contributed by atoms with Gasteiger partial charge in [0.05, 0.1) is 12.8 Å². The summed E-state index contributed by atoms with van der Waals surface area (Å²) >= 11 is 6.17. The molecule has 0 aliphatic heterocycles. The van der Waals surface area contributed by atoms with Crippen molar-refractivity contribution in [1.29, 1.82) is 0 Å². The second-order valence-corrected chi connectivity index (χ2v) is 8.97. The molecule has 0 aliphatic carbocycles. The van der Waals surface area contributed by atoms with Crippen LogP contribution in [-0.4, -0.2) is 37.3 Å². The fourth-order valence-electron chi connectivity index (χ4n) is 3.65. The van der Waals surface area contributed by atoms with Crippen LogP contribution in [0, 0.1) is 13.8 Å². The third-order valence-corrected chi connectivity index (χ3v) is 6.01. The lowest BCUT2D eigenvalue weighted by atomic mass is 10.1. The largest absolute Gasteiger partial charge is 0.489 e. The molecule has 3 aromatic carbocycles. The van der Waals surface area contributed by atoms with Crippen molar-refractivity contribution >= 4 is 28.9 Å². The van der Waals surface area contributed by atoms with Gasteiger partial charge in [0, 0.05) is 28.9 Å². The summed E-state index contributed by atoms with van der Waals surface area (Å²) in [5.41, 5.74) is 6.16. The van der Waals surface area contributed by atoms with Crippen LogP contribution in [0.15, 0.2) is 76.2 Å². The van der Waals surface area contributed by atoms with Crippen LogP contribution in [0.3, 0.4) is 0 Å². The maximum Gasteiger partial charge on any atom is 0.245 e. The van der Waals surface area contributed by atoms with Crippen LogP contribution in [0.2, 0.25) is 5.02 Å². The quantitative estimate of drug-likeness (QED) is 0.181. The number of nitrogens with zero attached hydrogens (tertiary/aromatic N) is 4. The van der Waals surface area contributed by atoms with Gasteiger partial charge in [-0.05, 0) is 67.8 Å². The Morgan fingerprint density at radius 1 is 1.03 bits per heavy atom. The first-order valence-electron chi connectivity index (χ1n) is 11.8. The Hall–Kier alpha value is -3.91. The minimum atomic E-state index is -0.186. The van der Waals surface area contributed by atoms with E-state index in [9.17, 15) is 4.79 Å². The number of hydrogen-bond donors (Lipinski definition) is 1.